The monoisotopic (exact) mass is 304 g/mol. The average molecular weight is 304 g/mol. The van der Waals surface area contributed by atoms with Crippen LogP contribution < -0.4 is 16.0 Å². The van der Waals surface area contributed by atoms with Gasteiger partial charge in [0.25, 0.3) is 0 Å². The lowest BCUT2D eigenvalue weighted by molar-refractivity contribution is 0.251. The maximum atomic E-state index is 11.9. The lowest BCUT2D eigenvalue weighted by Crippen LogP contribution is -2.28. The quantitative estimate of drug-likeness (QED) is 0.795. The number of urea groups is 1. The average Bonchev–Trinajstić information content (AvgIpc) is 2.90. The number of benzene rings is 1. The van der Waals surface area contributed by atoms with Gasteiger partial charge in [0.1, 0.15) is 0 Å². The van der Waals surface area contributed by atoms with Gasteiger partial charge in [0.05, 0.1) is 17.2 Å². The summed E-state index contributed by atoms with van der Waals surface area (Å²) in [4.78, 5) is 16.2. The van der Waals surface area contributed by atoms with Gasteiger partial charge < -0.3 is 16.0 Å². The van der Waals surface area contributed by atoms with Crippen LogP contribution in [-0.4, -0.2) is 18.1 Å². The summed E-state index contributed by atoms with van der Waals surface area (Å²) in [6, 6.07) is 7.82. The number of amides is 2. The SMILES string of the molecule is CNC(C)c1cccc(NC(=O)NCc2csc(C)n2)c1. The third-order valence-corrected chi connectivity index (χ3v) is 4.00. The Morgan fingerprint density at radius 2 is 2.24 bits per heavy atom. The van der Waals surface area contributed by atoms with Gasteiger partial charge >= 0.3 is 6.03 Å². The number of carbonyl (C=O) groups excluding carboxylic acids is 1. The number of nitrogens with one attached hydrogen (secondary N) is 3. The van der Waals surface area contributed by atoms with Crippen LogP contribution in [0, 0.1) is 6.92 Å². The Kier molecular flexibility index (Phi) is 5.30. The first kappa shape index (κ1) is 15.5. The summed E-state index contributed by atoms with van der Waals surface area (Å²) in [5.41, 5.74) is 2.79. The van der Waals surface area contributed by atoms with Crippen molar-refractivity contribution in [2.24, 2.45) is 0 Å². The van der Waals surface area contributed by atoms with Crippen molar-refractivity contribution in [3.05, 3.63) is 45.9 Å². The topological polar surface area (TPSA) is 66.0 Å². The van der Waals surface area contributed by atoms with Gasteiger partial charge in [0.15, 0.2) is 0 Å². The first-order chi connectivity index (χ1) is 10.1. The van der Waals surface area contributed by atoms with Crippen molar-refractivity contribution in [1.82, 2.24) is 15.6 Å². The molecule has 112 valence electrons. The Morgan fingerprint density at radius 3 is 2.90 bits per heavy atom. The van der Waals surface area contributed by atoms with Crippen LogP contribution in [-0.2, 0) is 6.54 Å². The fraction of sp³-hybridized carbons (Fsp3) is 0.333. The molecule has 0 aliphatic heterocycles. The zero-order valence-electron chi connectivity index (χ0n) is 12.4. The minimum absolute atomic E-state index is 0.227. The van der Waals surface area contributed by atoms with Crippen molar-refractivity contribution in [1.29, 1.82) is 0 Å². The number of anilines is 1. The molecule has 1 aromatic heterocycles. The van der Waals surface area contributed by atoms with E-state index < -0.39 is 0 Å². The van der Waals surface area contributed by atoms with Gasteiger partial charge in [0, 0.05) is 17.1 Å². The standard InChI is InChI=1S/C15H20N4OS/c1-10(16-3)12-5-4-6-13(7-12)19-15(20)17-8-14-9-21-11(2)18-14/h4-7,9-10,16H,8H2,1-3H3,(H2,17,19,20). The Bertz CT molecular complexity index is 611. The molecular formula is C15H20N4OS. The van der Waals surface area contributed by atoms with E-state index in [0.717, 1.165) is 22.0 Å². The summed E-state index contributed by atoms with van der Waals surface area (Å²) in [6.07, 6.45) is 0. The second-order valence-corrected chi connectivity index (χ2v) is 5.86. The molecule has 0 bridgehead atoms. The fourth-order valence-corrected chi connectivity index (χ4v) is 2.50. The predicted octanol–water partition coefficient (Wildman–Crippen LogP) is 3.05. The molecule has 2 aromatic rings. The molecule has 0 saturated carbocycles. The third-order valence-electron chi connectivity index (χ3n) is 3.17. The number of rotatable bonds is 5. The van der Waals surface area contributed by atoms with E-state index in [1.54, 1.807) is 11.3 Å². The summed E-state index contributed by atoms with van der Waals surface area (Å²) in [5, 5.41) is 11.8. The molecule has 21 heavy (non-hydrogen) atoms. The van der Waals surface area contributed by atoms with Crippen molar-refractivity contribution in [3.8, 4) is 0 Å². The molecule has 1 unspecified atom stereocenters. The summed E-state index contributed by atoms with van der Waals surface area (Å²) in [6.45, 7) is 4.45. The molecule has 1 aromatic carbocycles. The van der Waals surface area contributed by atoms with E-state index in [2.05, 4.69) is 27.9 Å². The Hall–Kier alpha value is -1.92. The van der Waals surface area contributed by atoms with Crippen molar-refractivity contribution < 1.29 is 4.79 Å². The minimum atomic E-state index is -0.227. The number of hydrogen-bond donors (Lipinski definition) is 3. The van der Waals surface area contributed by atoms with E-state index in [1.807, 2.05) is 43.6 Å². The Balaban J connectivity index is 1.90. The van der Waals surface area contributed by atoms with E-state index in [9.17, 15) is 4.79 Å². The highest BCUT2D eigenvalue weighted by atomic mass is 32.1. The molecule has 0 aliphatic carbocycles. The molecule has 0 spiro atoms. The number of thiazole rings is 1. The molecule has 2 rings (SSSR count). The molecule has 3 N–H and O–H groups in total. The molecule has 6 heteroatoms. The molecular weight excluding hydrogens is 284 g/mol. The first-order valence-corrected chi connectivity index (χ1v) is 7.69. The van der Waals surface area contributed by atoms with E-state index >= 15 is 0 Å². The maximum absolute atomic E-state index is 11.9. The Labute approximate surface area is 128 Å². The van der Waals surface area contributed by atoms with Gasteiger partial charge in [-0.3, -0.25) is 0 Å². The van der Waals surface area contributed by atoms with Gasteiger partial charge in [-0.25, -0.2) is 9.78 Å². The molecule has 1 atom stereocenters. The lowest BCUT2D eigenvalue weighted by atomic mass is 10.1. The van der Waals surface area contributed by atoms with Crippen molar-refractivity contribution in [2.75, 3.05) is 12.4 Å². The van der Waals surface area contributed by atoms with E-state index in [1.165, 1.54) is 0 Å². The van der Waals surface area contributed by atoms with Crippen LogP contribution in [0.1, 0.15) is 29.2 Å². The van der Waals surface area contributed by atoms with Crippen molar-refractivity contribution >= 4 is 23.1 Å². The minimum Gasteiger partial charge on any atom is -0.332 e. The number of aromatic nitrogens is 1. The van der Waals surface area contributed by atoms with Crippen LogP contribution in [0.2, 0.25) is 0 Å². The van der Waals surface area contributed by atoms with Gasteiger partial charge in [0.2, 0.25) is 0 Å². The van der Waals surface area contributed by atoms with Crippen LogP contribution in [0.5, 0.6) is 0 Å². The van der Waals surface area contributed by atoms with E-state index in [-0.39, 0.29) is 12.1 Å². The number of aryl methyl sites for hydroxylation is 1. The molecule has 1 heterocycles. The summed E-state index contributed by atoms with van der Waals surface area (Å²) < 4.78 is 0. The highest BCUT2D eigenvalue weighted by molar-refractivity contribution is 7.09. The van der Waals surface area contributed by atoms with Gasteiger partial charge in [-0.05, 0) is 38.6 Å². The van der Waals surface area contributed by atoms with Crippen LogP contribution in [0.4, 0.5) is 10.5 Å². The van der Waals surface area contributed by atoms with Gasteiger partial charge in [-0.1, -0.05) is 12.1 Å². The highest BCUT2D eigenvalue weighted by Gasteiger charge is 2.06. The van der Waals surface area contributed by atoms with Gasteiger partial charge in [-0.15, -0.1) is 11.3 Å². The third kappa shape index (κ3) is 4.54. The molecule has 5 nitrogen and oxygen atoms in total. The summed E-state index contributed by atoms with van der Waals surface area (Å²) in [5.74, 6) is 0. The van der Waals surface area contributed by atoms with E-state index in [0.29, 0.717) is 6.54 Å². The Morgan fingerprint density at radius 1 is 1.43 bits per heavy atom. The van der Waals surface area contributed by atoms with Crippen LogP contribution in [0.15, 0.2) is 29.6 Å². The second-order valence-electron chi connectivity index (χ2n) is 4.80. The number of carbonyl (C=O) groups is 1. The van der Waals surface area contributed by atoms with E-state index in [4.69, 9.17) is 0 Å². The van der Waals surface area contributed by atoms with Crippen molar-refractivity contribution in [2.45, 2.75) is 26.4 Å². The van der Waals surface area contributed by atoms with Crippen LogP contribution in [0.25, 0.3) is 0 Å². The molecule has 0 radical (unpaired) electrons. The highest BCUT2D eigenvalue weighted by Crippen LogP contribution is 2.16. The fourth-order valence-electron chi connectivity index (χ4n) is 1.89. The van der Waals surface area contributed by atoms with Crippen molar-refractivity contribution in [3.63, 3.8) is 0 Å². The molecule has 0 saturated heterocycles. The second kappa shape index (κ2) is 7.19. The predicted molar refractivity (Wildman–Crippen MR) is 86.6 cm³/mol. The molecule has 2 amide bonds. The largest absolute Gasteiger partial charge is 0.332 e. The first-order valence-electron chi connectivity index (χ1n) is 6.81. The number of nitrogens with zero attached hydrogens (tertiary/aromatic N) is 1. The van der Waals surface area contributed by atoms with Gasteiger partial charge in [-0.2, -0.15) is 0 Å². The smallest absolute Gasteiger partial charge is 0.319 e. The maximum Gasteiger partial charge on any atom is 0.319 e. The lowest BCUT2D eigenvalue weighted by Gasteiger charge is -2.12. The van der Waals surface area contributed by atoms with Crippen LogP contribution >= 0.6 is 11.3 Å². The zero-order valence-corrected chi connectivity index (χ0v) is 13.3. The number of hydrogen-bond acceptors (Lipinski definition) is 4. The van der Waals surface area contributed by atoms with Crippen LogP contribution in [0.3, 0.4) is 0 Å². The normalized spacial score (nSPS) is 12.0. The molecule has 0 fully saturated rings. The zero-order chi connectivity index (χ0) is 15.2. The molecule has 0 aliphatic rings. The summed E-state index contributed by atoms with van der Waals surface area (Å²) in [7, 11) is 1.91. The summed E-state index contributed by atoms with van der Waals surface area (Å²) >= 11 is 1.58.